The first-order valence-electron chi connectivity index (χ1n) is 7.13. The molecule has 0 bridgehead atoms. The van der Waals surface area contributed by atoms with E-state index in [4.69, 9.17) is 4.74 Å². The molecular weight excluding hydrogens is 236 g/mol. The third kappa shape index (κ3) is 2.63. The van der Waals surface area contributed by atoms with Gasteiger partial charge in [0.1, 0.15) is 5.75 Å². The van der Waals surface area contributed by atoms with Crippen molar-refractivity contribution in [2.24, 2.45) is 5.41 Å². The van der Waals surface area contributed by atoms with E-state index >= 15 is 0 Å². The zero-order valence-corrected chi connectivity index (χ0v) is 12.5. The summed E-state index contributed by atoms with van der Waals surface area (Å²) in [7, 11) is 5.86. The maximum atomic E-state index is 5.56. The monoisotopic (exact) mass is 262 g/mol. The van der Waals surface area contributed by atoms with Gasteiger partial charge in [0.25, 0.3) is 0 Å². The summed E-state index contributed by atoms with van der Waals surface area (Å²) >= 11 is 0. The van der Waals surface area contributed by atoms with E-state index in [0.717, 1.165) is 12.3 Å². The summed E-state index contributed by atoms with van der Waals surface area (Å²) in [6.45, 7) is 3.19. The Morgan fingerprint density at radius 3 is 2.53 bits per heavy atom. The van der Waals surface area contributed by atoms with E-state index in [2.05, 4.69) is 42.8 Å². The van der Waals surface area contributed by atoms with Crippen LogP contribution in [0.3, 0.4) is 0 Å². The molecule has 1 atom stereocenters. The van der Waals surface area contributed by atoms with Gasteiger partial charge in [-0.2, -0.15) is 0 Å². The molecule has 106 valence electrons. The van der Waals surface area contributed by atoms with Gasteiger partial charge in [-0.15, -0.1) is 0 Å². The fourth-order valence-electron chi connectivity index (χ4n) is 3.42. The second-order valence-electron chi connectivity index (χ2n) is 5.71. The third-order valence-corrected chi connectivity index (χ3v) is 4.48. The van der Waals surface area contributed by atoms with Crippen molar-refractivity contribution >= 4 is 0 Å². The molecule has 1 aromatic carbocycles. The van der Waals surface area contributed by atoms with Crippen LogP contribution in [0.5, 0.6) is 5.75 Å². The molecule has 1 aliphatic rings. The van der Waals surface area contributed by atoms with Crippen molar-refractivity contribution in [2.45, 2.75) is 32.2 Å². The smallest absolute Gasteiger partial charge is 0.123 e. The highest BCUT2D eigenvalue weighted by molar-refractivity contribution is 5.40. The third-order valence-electron chi connectivity index (χ3n) is 4.48. The van der Waals surface area contributed by atoms with Crippen molar-refractivity contribution in [1.82, 2.24) is 10.6 Å². The first-order valence-corrected chi connectivity index (χ1v) is 7.13. The maximum Gasteiger partial charge on any atom is 0.123 e. The van der Waals surface area contributed by atoms with Gasteiger partial charge in [0.05, 0.1) is 7.11 Å². The summed E-state index contributed by atoms with van der Waals surface area (Å²) in [5.41, 5.74) is 2.90. The fourth-order valence-corrected chi connectivity index (χ4v) is 3.42. The number of methoxy groups -OCH3 is 1. The number of hydrogen-bond donors (Lipinski definition) is 2. The fraction of sp³-hybridized carbons (Fsp3) is 0.625. The van der Waals surface area contributed by atoms with Crippen LogP contribution < -0.4 is 15.4 Å². The van der Waals surface area contributed by atoms with Crippen molar-refractivity contribution in [3.05, 3.63) is 29.3 Å². The highest BCUT2D eigenvalue weighted by Gasteiger charge is 2.44. The molecule has 1 aromatic rings. The minimum Gasteiger partial charge on any atom is -0.496 e. The van der Waals surface area contributed by atoms with Gasteiger partial charge < -0.3 is 15.4 Å². The number of hydrogen-bond acceptors (Lipinski definition) is 3. The minimum atomic E-state index is 0.324. The molecule has 0 spiro atoms. The number of ether oxygens (including phenoxy) is 1. The van der Waals surface area contributed by atoms with Crippen LogP contribution in [-0.4, -0.2) is 27.7 Å². The van der Waals surface area contributed by atoms with Gasteiger partial charge in [-0.25, -0.2) is 0 Å². The first-order chi connectivity index (χ1) is 9.16. The van der Waals surface area contributed by atoms with Crippen molar-refractivity contribution in [1.29, 1.82) is 0 Å². The highest BCUT2D eigenvalue weighted by atomic mass is 16.5. The minimum absolute atomic E-state index is 0.324. The lowest BCUT2D eigenvalue weighted by Gasteiger charge is -2.48. The van der Waals surface area contributed by atoms with Crippen LogP contribution >= 0.6 is 0 Å². The summed E-state index contributed by atoms with van der Waals surface area (Å²) in [5, 5.41) is 6.89. The van der Waals surface area contributed by atoms with Crippen molar-refractivity contribution in [2.75, 3.05) is 27.7 Å². The number of rotatable bonds is 6. The second kappa shape index (κ2) is 5.93. The largest absolute Gasteiger partial charge is 0.496 e. The molecule has 0 aliphatic heterocycles. The number of nitrogens with one attached hydrogen (secondary N) is 2. The van der Waals surface area contributed by atoms with E-state index in [0.29, 0.717) is 11.5 Å². The molecular formula is C16H26N2O. The Morgan fingerprint density at radius 1 is 1.32 bits per heavy atom. The van der Waals surface area contributed by atoms with Gasteiger partial charge in [-0.05, 0) is 39.9 Å². The number of aryl methyl sites for hydroxylation is 1. The van der Waals surface area contributed by atoms with Gasteiger partial charge in [-0.1, -0.05) is 24.1 Å². The van der Waals surface area contributed by atoms with Crippen LogP contribution in [0.4, 0.5) is 0 Å². The van der Waals surface area contributed by atoms with Gasteiger partial charge in [-0.3, -0.25) is 0 Å². The molecule has 1 aliphatic carbocycles. The Labute approximate surface area is 116 Å². The molecule has 1 unspecified atom stereocenters. The van der Waals surface area contributed by atoms with Crippen molar-refractivity contribution < 1.29 is 4.74 Å². The highest BCUT2D eigenvalue weighted by Crippen LogP contribution is 2.51. The normalized spacial score (nSPS) is 18.7. The van der Waals surface area contributed by atoms with Crippen LogP contribution in [0.25, 0.3) is 0 Å². The standard InChI is InChI=1S/C16H26N2O/c1-12-6-7-14(19-4)13(10-12)15(18-3)16(11-17-2)8-5-9-16/h6-7,10,15,17-18H,5,8-9,11H2,1-4H3. The van der Waals surface area contributed by atoms with Gasteiger partial charge in [0.15, 0.2) is 0 Å². The summed E-state index contributed by atoms with van der Waals surface area (Å²) < 4.78 is 5.56. The lowest BCUT2D eigenvalue weighted by Crippen LogP contribution is -2.48. The Hall–Kier alpha value is -1.06. The zero-order valence-electron chi connectivity index (χ0n) is 12.5. The summed E-state index contributed by atoms with van der Waals surface area (Å²) in [6.07, 6.45) is 3.88. The Morgan fingerprint density at radius 2 is 2.05 bits per heavy atom. The van der Waals surface area contributed by atoms with Crippen LogP contribution in [0.1, 0.15) is 36.4 Å². The first kappa shape index (κ1) is 14.4. The van der Waals surface area contributed by atoms with E-state index in [9.17, 15) is 0 Å². The van der Waals surface area contributed by atoms with E-state index < -0.39 is 0 Å². The van der Waals surface area contributed by atoms with E-state index in [1.807, 2.05) is 7.05 Å². The van der Waals surface area contributed by atoms with Crippen LogP contribution in [-0.2, 0) is 0 Å². The predicted molar refractivity (Wildman–Crippen MR) is 79.7 cm³/mol. The molecule has 2 rings (SSSR count). The molecule has 1 saturated carbocycles. The lowest BCUT2D eigenvalue weighted by molar-refractivity contribution is 0.0775. The molecule has 0 heterocycles. The molecule has 0 amide bonds. The maximum absolute atomic E-state index is 5.56. The topological polar surface area (TPSA) is 33.3 Å². The average Bonchev–Trinajstić information content (AvgIpc) is 2.37. The summed E-state index contributed by atoms with van der Waals surface area (Å²) in [6, 6.07) is 6.81. The summed E-state index contributed by atoms with van der Waals surface area (Å²) in [5.74, 6) is 0.993. The van der Waals surface area contributed by atoms with Gasteiger partial charge in [0.2, 0.25) is 0 Å². The molecule has 0 saturated heterocycles. The molecule has 2 N–H and O–H groups in total. The lowest BCUT2D eigenvalue weighted by atomic mass is 9.62. The molecule has 19 heavy (non-hydrogen) atoms. The average molecular weight is 262 g/mol. The number of benzene rings is 1. The predicted octanol–water partition coefficient (Wildman–Crippen LogP) is 2.65. The van der Waals surface area contributed by atoms with Gasteiger partial charge in [0, 0.05) is 23.6 Å². The molecule has 0 radical (unpaired) electrons. The molecule has 3 nitrogen and oxygen atoms in total. The van der Waals surface area contributed by atoms with Crippen LogP contribution in [0.2, 0.25) is 0 Å². The van der Waals surface area contributed by atoms with Crippen LogP contribution in [0, 0.1) is 12.3 Å². The Bertz CT molecular complexity index is 427. The molecule has 1 fully saturated rings. The van der Waals surface area contributed by atoms with E-state index in [1.54, 1.807) is 7.11 Å². The zero-order chi connectivity index (χ0) is 13.9. The Balaban J connectivity index is 2.38. The quantitative estimate of drug-likeness (QED) is 0.827. The SMILES string of the molecule is CNCC1(C(NC)c2cc(C)ccc2OC)CCC1. The van der Waals surface area contributed by atoms with Crippen LogP contribution in [0.15, 0.2) is 18.2 Å². The van der Waals surface area contributed by atoms with Crippen molar-refractivity contribution in [3.63, 3.8) is 0 Å². The van der Waals surface area contributed by atoms with E-state index in [-0.39, 0.29) is 0 Å². The molecule has 0 aromatic heterocycles. The van der Waals surface area contributed by atoms with Crippen molar-refractivity contribution in [3.8, 4) is 5.75 Å². The Kier molecular flexibility index (Phi) is 4.48. The second-order valence-corrected chi connectivity index (χ2v) is 5.71. The van der Waals surface area contributed by atoms with Gasteiger partial charge >= 0.3 is 0 Å². The van der Waals surface area contributed by atoms with E-state index in [1.165, 1.54) is 30.4 Å². The summed E-state index contributed by atoms with van der Waals surface area (Å²) in [4.78, 5) is 0. The molecule has 3 heteroatoms.